The Morgan fingerprint density at radius 2 is 2.00 bits per heavy atom. The average molecular weight is 337 g/mol. The van der Waals surface area contributed by atoms with Gasteiger partial charge in [-0.1, -0.05) is 18.2 Å². The average Bonchev–Trinajstić information content (AvgIpc) is 3.27. The Hall–Kier alpha value is -2.56. The number of ether oxygens (including phenoxy) is 1. The first-order valence-electron chi connectivity index (χ1n) is 8.91. The minimum atomic E-state index is -0.00337. The molecule has 1 aromatic carbocycles. The van der Waals surface area contributed by atoms with E-state index in [0.717, 1.165) is 36.5 Å². The monoisotopic (exact) mass is 337 g/mol. The summed E-state index contributed by atoms with van der Waals surface area (Å²) >= 11 is 0. The number of rotatable bonds is 5. The lowest BCUT2D eigenvalue weighted by Crippen LogP contribution is -2.18. The molecule has 2 aliphatic rings. The molecule has 5 nitrogen and oxygen atoms in total. The molecule has 0 unspecified atom stereocenters. The van der Waals surface area contributed by atoms with E-state index in [1.165, 1.54) is 12.8 Å². The smallest absolute Gasteiger partial charge is 0.229 e. The number of nitrogens with zero attached hydrogens (tertiary/aromatic N) is 2. The second kappa shape index (κ2) is 6.75. The van der Waals surface area contributed by atoms with Crippen molar-refractivity contribution in [3.05, 3.63) is 48.2 Å². The van der Waals surface area contributed by atoms with Crippen LogP contribution in [0.5, 0.6) is 5.75 Å². The number of amides is 1. The molecule has 4 rings (SSSR count). The van der Waals surface area contributed by atoms with Crippen LogP contribution < -0.4 is 15.0 Å². The molecule has 2 fully saturated rings. The Labute approximate surface area is 148 Å². The molecule has 1 aliphatic heterocycles. The van der Waals surface area contributed by atoms with Crippen LogP contribution in [0, 0.1) is 5.92 Å². The molecule has 1 saturated heterocycles. The van der Waals surface area contributed by atoms with Gasteiger partial charge in [0.15, 0.2) is 0 Å². The minimum absolute atomic E-state index is 0.00337. The molecular weight excluding hydrogens is 314 g/mol. The van der Waals surface area contributed by atoms with Crippen molar-refractivity contribution in [3.8, 4) is 5.75 Å². The van der Waals surface area contributed by atoms with Gasteiger partial charge in [-0.2, -0.15) is 0 Å². The summed E-state index contributed by atoms with van der Waals surface area (Å²) < 4.78 is 5.41. The van der Waals surface area contributed by atoms with Crippen molar-refractivity contribution in [1.29, 1.82) is 0 Å². The second-order valence-electron chi connectivity index (χ2n) is 6.78. The van der Waals surface area contributed by atoms with Crippen molar-refractivity contribution in [2.75, 3.05) is 30.4 Å². The molecule has 2 aromatic rings. The molecule has 25 heavy (non-hydrogen) atoms. The molecular formula is C20H23N3O2. The molecule has 130 valence electrons. The van der Waals surface area contributed by atoms with Gasteiger partial charge in [0.05, 0.1) is 19.0 Å². The molecule has 1 amide bonds. The van der Waals surface area contributed by atoms with Gasteiger partial charge in [0.2, 0.25) is 5.91 Å². The van der Waals surface area contributed by atoms with Gasteiger partial charge in [-0.05, 0) is 48.9 Å². The van der Waals surface area contributed by atoms with Crippen molar-refractivity contribution >= 4 is 17.4 Å². The Balaban J connectivity index is 1.38. The number of nitrogens with one attached hydrogen (secondary N) is 1. The summed E-state index contributed by atoms with van der Waals surface area (Å²) in [6, 6.07) is 11.9. The van der Waals surface area contributed by atoms with E-state index in [9.17, 15) is 4.79 Å². The maximum absolute atomic E-state index is 12.5. The molecule has 1 aliphatic carbocycles. The molecule has 1 saturated carbocycles. The van der Waals surface area contributed by atoms with Gasteiger partial charge >= 0.3 is 0 Å². The third kappa shape index (κ3) is 3.31. The lowest BCUT2D eigenvalue weighted by atomic mass is 10.1. The van der Waals surface area contributed by atoms with Crippen LogP contribution in [0.2, 0.25) is 0 Å². The zero-order valence-corrected chi connectivity index (χ0v) is 14.4. The van der Waals surface area contributed by atoms with Crippen molar-refractivity contribution in [2.45, 2.75) is 25.2 Å². The topological polar surface area (TPSA) is 54.5 Å². The van der Waals surface area contributed by atoms with Crippen LogP contribution in [0.25, 0.3) is 0 Å². The number of benzene rings is 1. The quantitative estimate of drug-likeness (QED) is 0.908. The number of aromatic nitrogens is 1. The normalized spacial score (nSPS) is 21.9. The summed E-state index contributed by atoms with van der Waals surface area (Å²) in [5.74, 6) is 1.75. The Morgan fingerprint density at radius 3 is 2.72 bits per heavy atom. The summed E-state index contributed by atoms with van der Waals surface area (Å²) in [7, 11) is 1.67. The fourth-order valence-electron chi connectivity index (χ4n) is 3.64. The van der Waals surface area contributed by atoms with Crippen molar-refractivity contribution in [1.82, 2.24) is 4.98 Å². The van der Waals surface area contributed by atoms with E-state index >= 15 is 0 Å². The molecule has 1 aromatic heterocycles. The highest BCUT2D eigenvalue weighted by atomic mass is 16.5. The first kappa shape index (κ1) is 15.9. The molecule has 2 heterocycles. The lowest BCUT2D eigenvalue weighted by Gasteiger charge is -2.17. The van der Waals surface area contributed by atoms with E-state index < -0.39 is 0 Å². The SMILES string of the molecule is COc1ccccc1[C@H]1C[C@@H]1C(=O)Nc1ccc(N2CCCC2)cn1. The zero-order valence-electron chi connectivity index (χ0n) is 14.4. The summed E-state index contributed by atoms with van der Waals surface area (Å²) in [5.41, 5.74) is 2.25. The van der Waals surface area contributed by atoms with Crippen LogP contribution in [-0.2, 0) is 4.79 Å². The number of pyridine rings is 1. The second-order valence-corrected chi connectivity index (χ2v) is 6.78. The number of carbonyl (C=O) groups excluding carboxylic acids is 1. The summed E-state index contributed by atoms with van der Waals surface area (Å²) in [6.45, 7) is 2.19. The van der Waals surface area contributed by atoms with Crippen LogP contribution in [0.1, 0.15) is 30.7 Å². The number of anilines is 2. The summed E-state index contributed by atoms with van der Waals surface area (Å²) in [4.78, 5) is 19.2. The van der Waals surface area contributed by atoms with Gasteiger partial charge in [-0.3, -0.25) is 4.79 Å². The standard InChI is InChI=1S/C20H23N3O2/c1-25-18-7-3-2-6-15(18)16-12-17(16)20(24)22-19-9-8-14(13-21-19)23-10-4-5-11-23/h2-3,6-9,13,16-17H,4-5,10-12H2,1H3,(H,21,22,24)/t16-,17+/m1/s1. The maximum atomic E-state index is 12.5. The highest BCUT2D eigenvalue weighted by Gasteiger charge is 2.45. The van der Waals surface area contributed by atoms with E-state index in [4.69, 9.17) is 4.74 Å². The van der Waals surface area contributed by atoms with E-state index in [1.54, 1.807) is 7.11 Å². The van der Waals surface area contributed by atoms with Crippen LogP contribution >= 0.6 is 0 Å². The van der Waals surface area contributed by atoms with Gasteiger partial charge in [-0.15, -0.1) is 0 Å². The van der Waals surface area contributed by atoms with E-state index in [2.05, 4.69) is 15.2 Å². The van der Waals surface area contributed by atoms with Crippen molar-refractivity contribution in [3.63, 3.8) is 0 Å². The van der Waals surface area contributed by atoms with Crippen molar-refractivity contribution < 1.29 is 9.53 Å². The number of methoxy groups -OCH3 is 1. The first-order valence-corrected chi connectivity index (χ1v) is 8.91. The van der Waals surface area contributed by atoms with Crippen LogP contribution in [-0.4, -0.2) is 31.1 Å². The van der Waals surface area contributed by atoms with E-state index in [1.807, 2.05) is 42.6 Å². The third-order valence-electron chi connectivity index (χ3n) is 5.14. The van der Waals surface area contributed by atoms with E-state index in [-0.39, 0.29) is 17.7 Å². The number of para-hydroxylation sites is 1. The van der Waals surface area contributed by atoms with Crippen LogP contribution in [0.3, 0.4) is 0 Å². The van der Waals surface area contributed by atoms with Crippen molar-refractivity contribution in [2.24, 2.45) is 5.92 Å². The molecule has 0 radical (unpaired) electrons. The van der Waals surface area contributed by atoms with Gasteiger partial charge in [0, 0.05) is 19.0 Å². The number of hydrogen-bond donors (Lipinski definition) is 1. The maximum Gasteiger partial charge on any atom is 0.229 e. The predicted octanol–water partition coefficient (Wildman–Crippen LogP) is 3.43. The Kier molecular flexibility index (Phi) is 4.30. The van der Waals surface area contributed by atoms with Gasteiger partial charge in [0.1, 0.15) is 11.6 Å². The van der Waals surface area contributed by atoms with Crippen LogP contribution in [0.15, 0.2) is 42.6 Å². The predicted molar refractivity (Wildman–Crippen MR) is 98.2 cm³/mol. The largest absolute Gasteiger partial charge is 0.496 e. The Morgan fingerprint density at radius 1 is 1.20 bits per heavy atom. The molecule has 0 bridgehead atoms. The fraction of sp³-hybridized carbons (Fsp3) is 0.400. The minimum Gasteiger partial charge on any atom is -0.496 e. The fourth-order valence-corrected chi connectivity index (χ4v) is 3.64. The summed E-state index contributed by atoms with van der Waals surface area (Å²) in [5, 5.41) is 2.95. The summed E-state index contributed by atoms with van der Waals surface area (Å²) in [6.07, 6.45) is 5.19. The molecule has 2 atom stereocenters. The highest BCUT2D eigenvalue weighted by Crippen LogP contribution is 2.50. The lowest BCUT2D eigenvalue weighted by molar-refractivity contribution is -0.117. The van der Waals surface area contributed by atoms with Crippen LogP contribution in [0.4, 0.5) is 11.5 Å². The molecule has 5 heteroatoms. The van der Waals surface area contributed by atoms with Gasteiger partial charge < -0.3 is 15.0 Å². The Bertz CT molecular complexity index is 754. The zero-order chi connectivity index (χ0) is 17.2. The molecule has 1 N–H and O–H groups in total. The highest BCUT2D eigenvalue weighted by molar-refractivity contribution is 5.94. The molecule has 0 spiro atoms. The number of hydrogen-bond acceptors (Lipinski definition) is 4. The van der Waals surface area contributed by atoms with Gasteiger partial charge in [-0.25, -0.2) is 4.98 Å². The van der Waals surface area contributed by atoms with E-state index in [0.29, 0.717) is 5.82 Å². The first-order chi connectivity index (χ1) is 12.3. The third-order valence-corrected chi connectivity index (χ3v) is 5.14. The van der Waals surface area contributed by atoms with Gasteiger partial charge in [0.25, 0.3) is 0 Å². The number of carbonyl (C=O) groups is 1.